The van der Waals surface area contributed by atoms with Crippen molar-refractivity contribution in [3.8, 4) is 11.4 Å². The maximum absolute atomic E-state index is 14.4. The van der Waals surface area contributed by atoms with Gasteiger partial charge in [0, 0.05) is 33.9 Å². The zero-order valence-corrected chi connectivity index (χ0v) is 19.0. The van der Waals surface area contributed by atoms with Crippen LogP contribution in [0.2, 0.25) is 0 Å². The van der Waals surface area contributed by atoms with Gasteiger partial charge in [-0.1, -0.05) is 0 Å². The van der Waals surface area contributed by atoms with Crippen molar-refractivity contribution < 1.29 is 42.5 Å². The molecule has 184 valence electrons. The summed E-state index contributed by atoms with van der Waals surface area (Å²) in [5, 5.41) is 7.37. The van der Waals surface area contributed by atoms with Crippen LogP contribution in [0.15, 0.2) is 16.9 Å². The van der Waals surface area contributed by atoms with Gasteiger partial charge < -0.3 is 23.7 Å². The minimum atomic E-state index is -1.44. The molecule has 0 spiro atoms. The molecule has 2 heterocycles. The fourth-order valence-corrected chi connectivity index (χ4v) is 3.31. The lowest BCUT2D eigenvalue weighted by molar-refractivity contribution is -0.259. The number of nitrogens with zero attached hydrogens (tertiary/aromatic N) is 4. The number of aryl methyl sites for hydroxylation is 2. The van der Waals surface area contributed by atoms with E-state index in [1.807, 2.05) is 0 Å². The van der Waals surface area contributed by atoms with Gasteiger partial charge in [-0.25, -0.2) is 9.18 Å². The summed E-state index contributed by atoms with van der Waals surface area (Å²) in [6.45, 7) is 4.55. The number of halogens is 1. The van der Waals surface area contributed by atoms with Crippen LogP contribution in [0.5, 0.6) is 5.75 Å². The largest absolute Gasteiger partial charge is 0.458 e. The quantitative estimate of drug-likeness (QED) is 0.402. The Labute approximate surface area is 192 Å². The van der Waals surface area contributed by atoms with Crippen LogP contribution < -0.4 is 10.4 Å². The fourth-order valence-electron chi connectivity index (χ4n) is 3.31. The number of hydrogen-bond donors (Lipinski definition) is 0. The van der Waals surface area contributed by atoms with Crippen LogP contribution in [-0.4, -0.2) is 68.9 Å². The number of benzene rings is 1. The van der Waals surface area contributed by atoms with Crippen molar-refractivity contribution in [1.29, 1.82) is 0 Å². The SMILES string of the molecule is CC(=O)O[C@H]1[C@H](OC(C)=O)C(Oc2cc(F)c(C)cc2-n2nnn(C)c2=O)OC[C@H]1OC(C)=O. The molecule has 1 fully saturated rings. The minimum Gasteiger partial charge on any atom is -0.458 e. The normalized spacial score (nSPS) is 22.1. The maximum Gasteiger partial charge on any atom is 0.368 e. The van der Waals surface area contributed by atoms with E-state index in [0.717, 1.165) is 36.2 Å². The molecular weight excluding hydrogens is 459 g/mol. The third-order valence-electron chi connectivity index (χ3n) is 4.74. The Balaban J connectivity index is 2.03. The number of rotatable bonds is 6. The molecule has 0 bridgehead atoms. The molecule has 0 amide bonds. The van der Waals surface area contributed by atoms with Crippen molar-refractivity contribution in [2.75, 3.05) is 6.61 Å². The average Bonchev–Trinajstić information content (AvgIpc) is 3.06. The number of carbonyl (C=O) groups excluding carboxylic acids is 3. The summed E-state index contributed by atoms with van der Waals surface area (Å²) in [6, 6.07) is 2.31. The number of esters is 3. The molecule has 1 aliphatic heterocycles. The van der Waals surface area contributed by atoms with Gasteiger partial charge in [0.25, 0.3) is 0 Å². The first-order valence-corrected chi connectivity index (χ1v) is 10.1. The Kier molecular flexibility index (Phi) is 7.29. The topological polar surface area (TPSA) is 150 Å². The molecule has 1 unspecified atom stereocenters. The summed E-state index contributed by atoms with van der Waals surface area (Å²) in [6.07, 6.45) is -5.24. The monoisotopic (exact) mass is 482 g/mol. The first-order valence-electron chi connectivity index (χ1n) is 10.1. The number of hydrogen-bond acceptors (Lipinski definition) is 11. The molecule has 4 atom stereocenters. The standard InChI is InChI=1S/C20H23FN4O9/c1-9-6-14(25-20(29)24(5)22-23-25)15(7-13(9)21)34-19-18(33-12(4)28)17(32-11(3)27)16(8-30-19)31-10(2)26/h6-7,16-19H,8H2,1-5H3/t16-,17-,18+,19?/m1/s1. The molecule has 14 heteroatoms. The van der Waals surface area contributed by atoms with Crippen molar-refractivity contribution >= 4 is 17.9 Å². The van der Waals surface area contributed by atoms with Crippen molar-refractivity contribution in [2.24, 2.45) is 7.05 Å². The predicted molar refractivity (Wildman–Crippen MR) is 108 cm³/mol. The molecule has 3 rings (SSSR count). The molecule has 0 radical (unpaired) electrons. The van der Waals surface area contributed by atoms with Gasteiger partial charge in [-0.15, -0.1) is 0 Å². The Morgan fingerprint density at radius 2 is 1.65 bits per heavy atom. The van der Waals surface area contributed by atoms with Crippen LogP contribution in [0.1, 0.15) is 26.3 Å². The van der Waals surface area contributed by atoms with E-state index >= 15 is 0 Å². The van der Waals surface area contributed by atoms with E-state index in [0.29, 0.717) is 0 Å². The highest BCUT2D eigenvalue weighted by Crippen LogP contribution is 2.31. The zero-order chi connectivity index (χ0) is 25.2. The lowest BCUT2D eigenvalue weighted by Gasteiger charge is -2.40. The Morgan fingerprint density at radius 1 is 1.03 bits per heavy atom. The van der Waals surface area contributed by atoms with Crippen LogP contribution in [-0.2, 0) is 40.4 Å². The zero-order valence-electron chi connectivity index (χ0n) is 19.0. The molecule has 1 aliphatic rings. The van der Waals surface area contributed by atoms with Crippen molar-refractivity contribution in [1.82, 2.24) is 19.8 Å². The summed E-state index contributed by atoms with van der Waals surface area (Å²) in [5.41, 5.74) is -0.410. The fraction of sp³-hybridized carbons (Fsp3) is 0.500. The van der Waals surface area contributed by atoms with Gasteiger partial charge in [0.15, 0.2) is 18.0 Å². The second-order valence-corrected chi connectivity index (χ2v) is 7.48. The van der Waals surface area contributed by atoms with E-state index in [2.05, 4.69) is 10.4 Å². The molecule has 0 aliphatic carbocycles. The number of aromatic nitrogens is 4. The summed E-state index contributed by atoms with van der Waals surface area (Å²) in [5.74, 6) is -3.06. The van der Waals surface area contributed by atoms with Gasteiger partial charge in [-0.2, -0.15) is 9.36 Å². The minimum absolute atomic E-state index is 0.0355. The van der Waals surface area contributed by atoms with Crippen molar-refractivity contribution in [3.63, 3.8) is 0 Å². The first-order chi connectivity index (χ1) is 16.0. The molecule has 0 saturated carbocycles. The summed E-state index contributed by atoms with van der Waals surface area (Å²) in [7, 11) is 1.38. The van der Waals surface area contributed by atoms with E-state index in [4.69, 9.17) is 23.7 Å². The molecule has 13 nitrogen and oxygen atoms in total. The predicted octanol–water partition coefficient (Wildman–Crippen LogP) is -0.0563. The third kappa shape index (κ3) is 5.39. The highest BCUT2D eigenvalue weighted by Gasteiger charge is 2.48. The van der Waals surface area contributed by atoms with Gasteiger partial charge in [0.1, 0.15) is 11.5 Å². The number of tetrazole rings is 1. The Morgan fingerprint density at radius 3 is 2.21 bits per heavy atom. The van der Waals surface area contributed by atoms with E-state index in [1.165, 1.54) is 20.0 Å². The second kappa shape index (κ2) is 9.99. The Bertz CT molecular complexity index is 1160. The van der Waals surface area contributed by atoms with E-state index < -0.39 is 54.0 Å². The van der Waals surface area contributed by atoms with Gasteiger partial charge in [0.2, 0.25) is 12.4 Å². The van der Waals surface area contributed by atoms with Crippen molar-refractivity contribution in [2.45, 2.75) is 52.3 Å². The van der Waals surface area contributed by atoms with E-state index in [-0.39, 0.29) is 23.6 Å². The van der Waals surface area contributed by atoms with Gasteiger partial charge in [-0.05, 0) is 29.0 Å². The maximum atomic E-state index is 14.4. The molecule has 1 aromatic carbocycles. The van der Waals surface area contributed by atoms with Crippen LogP contribution in [0.3, 0.4) is 0 Å². The summed E-state index contributed by atoms with van der Waals surface area (Å²) < 4.78 is 43.4. The molecular formula is C20H23FN4O9. The van der Waals surface area contributed by atoms with E-state index in [1.54, 1.807) is 0 Å². The lowest BCUT2D eigenvalue weighted by Crippen LogP contribution is -2.59. The van der Waals surface area contributed by atoms with Crippen molar-refractivity contribution in [3.05, 3.63) is 34.0 Å². The molecule has 34 heavy (non-hydrogen) atoms. The van der Waals surface area contributed by atoms with Crippen LogP contribution in [0, 0.1) is 12.7 Å². The molecule has 1 saturated heterocycles. The van der Waals surface area contributed by atoms with Gasteiger partial charge in [0.05, 0.1) is 6.61 Å². The van der Waals surface area contributed by atoms with E-state index in [9.17, 15) is 23.6 Å². The molecule has 1 aromatic heterocycles. The number of carbonyl (C=O) groups is 3. The van der Waals surface area contributed by atoms with Gasteiger partial charge >= 0.3 is 23.6 Å². The lowest BCUT2D eigenvalue weighted by atomic mass is 10.0. The van der Waals surface area contributed by atoms with Gasteiger partial charge in [-0.3, -0.25) is 14.4 Å². The Hall–Kier alpha value is -3.81. The van der Waals surface area contributed by atoms with Crippen LogP contribution in [0.4, 0.5) is 4.39 Å². The number of ether oxygens (including phenoxy) is 5. The van der Waals surface area contributed by atoms with Crippen LogP contribution >= 0.6 is 0 Å². The highest BCUT2D eigenvalue weighted by molar-refractivity contribution is 5.68. The second-order valence-electron chi connectivity index (χ2n) is 7.48. The molecule has 0 N–H and O–H groups in total. The average molecular weight is 482 g/mol. The molecule has 2 aromatic rings. The highest BCUT2D eigenvalue weighted by atomic mass is 19.1. The smallest absolute Gasteiger partial charge is 0.368 e. The van der Waals surface area contributed by atoms with Crippen LogP contribution in [0.25, 0.3) is 5.69 Å². The summed E-state index contributed by atoms with van der Waals surface area (Å²) >= 11 is 0. The third-order valence-corrected chi connectivity index (χ3v) is 4.74. The summed E-state index contributed by atoms with van der Waals surface area (Å²) in [4.78, 5) is 47.4. The first kappa shape index (κ1) is 24.8.